The summed E-state index contributed by atoms with van der Waals surface area (Å²) in [5, 5.41) is 8.79. The lowest BCUT2D eigenvalue weighted by atomic mass is 9.92. The second kappa shape index (κ2) is 6.90. The van der Waals surface area contributed by atoms with Crippen LogP contribution < -0.4 is 5.73 Å². The maximum Gasteiger partial charge on any atom is 0.320 e. The Bertz CT molecular complexity index is 416. The van der Waals surface area contributed by atoms with Gasteiger partial charge in [0, 0.05) is 4.47 Å². The van der Waals surface area contributed by atoms with Crippen molar-refractivity contribution in [2.45, 2.75) is 45.1 Å². The van der Waals surface area contributed by atoms with Crippen LogP contribution in [0.2, 0.25) is 0 Å². The summed E-state index contributed by atoms with van der Waals surface area (Å²) >= 11 is 3.57. The van der Waals surface area contributed by atoms with Gasteiger partial charge in [-0.2, -0.15) is 0 Å². The van der Waals surface area contributed by atoms with Crippen LogP contribution in [0.25, 0.3) is 0 Å². The quantitative estimate of drug-likeness (QED) is 0.847. The topological polar surface area (TPSA) is 63.3 Å². The lowest BCUT2D eigenvalue weighted by molar-refractivity contribution is -0.138. The Morgan fingerprint density at radius 3 is 2.44 bits per heavy atom. The average molecular weight is 314 g/mol. The van der Waals surface area contributed by atoms with Crippen LogP contribution in [0.1, 0.15) is 43.7 Å². The smallest absolute Gasteiger partial charge is 0.320 e. The highest BCUT2D eigenvalue weighted by atomic mass is 79.9. The van der Waals surface area contributed by atoms with Crippen LogP contribution >= 0.6 is 15.9 Å². The summed E-state index contributed by atoms with van der Waals surface area (Å²) in [5.74, 6) is -0.420. The molecule has 0 heterocycles. The zero-order chi connectivity index (χ0) is 13.7. The van der Waals surface area contributed by atoms with Crippen molar-refractivity contribution in [2.75, 3.05) is 0 Å². The number of halogens is 1. The molecular formula is C14H20BrNO2. The molecule has 0 aliphatic rings. The van der Waals surface area contributed by atoms with Crippen LogP contribution in [-0.4, -0.2) is 17.1 Å². The molecule has 1 unspecified atom stereocenters. The molecule has 0 saturated carbocycles. The van der Waals surface area contributed by atoms with Crippen molar-refractivity contribution in [1.29, 1.82) is 0 Å². The van der Waals surface area contributed by atoms with Crippen molar-refractivity contribution in [1.82, 2.24) is 0 Å². The Morgan fingerprint density at radius 2 is 2.00 bits per heavy atom. The van der Waals surface area contributed by atoms with Crippen LogP contribution in [0.5, 0.6) is 0 Å². The fourth-order valence-corrected chi connectivity index (χ4v) is 2.85. The van der Waals surface area contributed by atoms with E-state index < -0.39 is 12.0 Å². The van der Waals surface area contributed by atoms with Crippen LogP contribution in [0, 0.1) is 0 Å². The molecule has 3 nitrogen and oxygen atoms in total. The van der Waals surface area contributed by atoms with E-state index in [1.54, 1.807) is 0 Å². The molecule has 0 bridgehead atoms. The Morgan fingerprint density at radius 1 is 1.39 bits per heavy atom. The van der Waals surface area contributed by atoms with Crippen molar-refractivity contribution in [2.24, 2.45) is 5.73 Å². The fraction of sp³-hybridized carbons (Fsp3) is 0.500. The molecule has 100 valence electrons. The first-order chi connectivity index (χ1) is 8.49. The van der Waals surface area contributed by atoms with E-state index in [9.17, 15) is 4.79 Å². The van der Waals surface area contributed by atoms with Gasteiger partial charge >= 0.3 is 5.97 Å². The van der Waals surface area contributed by atoms with Crippen molar-refractivity contribution < 1.29 is 9.90 Å². The van der Waals surface area contributed by atoms with Crippen LogP contribution in [0.3, 0.4) is 0 Å². The average Bonchev–Trinajstić information content (AvgIpc) is 2.33. The molecule has 0 spiro atoms. The van der Waals surface area contributed by atoms with E-state index in [4.69, 9.17) is 10.8 Å². The summed E-state index contributed by atoms with van der Waals surface area (Å²) < 4.78 is 1.05. The van der Waals surface area contributed by atoms with Gasteiger partial charge in [0.05, 0.1) is 0 Å². The highest BCUT2D eigenvalue weighted by molar-refractivity contribution is 9.10. The second-order valence-electron chi connectivity index (χ2n) is 4.52. The van der Waals surface area contributed by atoms with Gasteiger partial charge in [0.15, 0.2) is 0 Å². The van der Waals surface area contributed by atoms with Crippen molar-refractivity contribution in [3.63, 3.8) is 0 Å². The highest BCUT2D eigenvalue weighted by Crippen LogP contribution is 2.30. The largest absolute Gasteiger partial charge is 0.480 e. The molecule has 18 heavy (non-hydrogen) atoms. The fourth-order valence-electron chi connectivity index (χ4n) is 2.10. The second-order valence-corrected chi connectivity index (χ2v) is 5.37. The lowest BCUT2D eigenvalue weighted by Crippen LogP contribution is -2.32. The van der Waals surface area contributed by atoms with Gasteiger partial charge in [-0.1, -0.05) is 41.9 Å². The van der Waals surface area contributed by atoms with E-state index in [0.717, 1.165) is 22.9 Å². The summed E-state index contributed by atoms with van der Waals surface area (Å²) in [4.78, 5) is 10.7. The third-order valence-electron chi connectivity index (χ3n) is 3.26. The van der Waals surface area contributed by atoms with Crippen LogP contribution in [0.15, 0.2) is 22.7 Å². The maximum atomic E-state index is 10.7. The van der Waals surface area contributed by atoms with Gasteiger partial charge in [0.1, 0.15) is 6.04 Å². The first kappa shape index (κ1) is 15.2. The van der Waals surface area contributed by atoms with Gasteiger partial charge in [-0.05, 0) is 42.4 Å². The predicted octanol–water partition coefficient (Wildman–Crippen LogP) is 3.31. The minimum atomic E-state index is -0.963. The molecule has 1 aromatic rings. The van der Waals surface area contributed by atoms with E-state index in [0.29, 0.717) is 12.3 Å². The monoisotopic (exact) mass is 313 g/mol. The van der Waals surface area contributed by atoms with Gasteiger partial charge in [0.25, 0.3) is 0 Å². The van der Waals surface area contributed by atoms with E-state index >= 15 is 0 Å². The summed E-state index contributed by atoms with van der Waals surface area (Å²) in [6.07, 6.45) is 2.56. The Labute approximate surface area is 117 Å². The SMILES string of the molecule is CCC(CC)c1ccc(CC(N)C(=O)O)cc1Br. The van der Waals surface area contributed by atoms with Gasteiger partial charge < -0.3 is 10.8 Å². The van der Waals surface area contributed by atoms with Gasteiger partial charge in [-0.3, -0.25) is 4.79 Å². The number of carbonyl (C=O) groups is 1. The number of carboxylic acid groups (broad SMARTS) is 1. The number of rotatable bonds is 6. The summed E-state index contributed by atoms with van der Waals surface area (Å²) in [6.45, 7) is 4.35. The molecule has 0 aliphatic heterocycles. The van der Waals surface area contributed by atoms with Crippen molar-refractivity contribution in [3.8, 4) is 0 Å². The molecule has 4 heteroatoms. The molecule has 3 N–H and O–H groups in total. The van der Waals surface area contributed by atoms with Gasteiger partial charge in [0.2, 0.25) is 0 Å². The first-order valence-corrected chi connectivity index (χ1v) is 7.05. The molecule has 0 aliphatic carbocycles. The molecule has 0 fully saturated rings. The Hall–Kier alpha value is -0.870. The number of hydrogen-bond acceptors (Lipinski definition) is 2. The van der Waals surface area contributed by atoms with E-state index in [1.165, 1.54) is 5.56 Å². The number of hydrogen-bond donors (Lipinski definition) is 2. The first-order valence-electron chi connectivity index (χ1n) is 6.26. The predicted molar refractivity (Wildman–Crippen MR) is 76.8 cm³/mol. The zero-order valence-electron chi connectivity index (χ0n) is 10.8. The van der Waals surface area contributed by atoms with Crippen LogP contribution in [-0.2, 0) is 11.2 Å². The summed E-state index contributed by atoms with van der Waals surface area (Å²) in [7, 11) is 0. The molecule has 0 aromatic heterocycles. The molecule has 0 saturated heterocycles. The van der Waals surface area contributed by atoms with E-state index in [1.807, 2.05) is 12.1 Å². The minimum absolute atomic E-state index is 0.358. The number of benzene rings is 1. The summed E-state index contributed by atoms with van der Waals surface area (Å²) in [5.41, 5.74) is 7.77. The van der Waals surface area contributed by atoms with E-state index in [-0.39, 0.29) is 0 Å². The molecule has 0 amide bonds. The molecule has 1 aromatic carbocycles. The third kappa shape index (κ3) is 3.82. The normalized spacial score (nSPS) is 12.7. The zero-order valence-corrected chi connectivity index (χ0v) is 12.4. The standard InChI is InChI=1S/C14H20BrNO2/c1-3-10(4-2)11-6-5-9(7-12(11)15)8-13(16)14(17)18/h5-7,10,13H,3-4,8,16H2,1-2H3,(H,17,18). The van der Waals surface area contributed by atoms with Crippen molar-refractivity contribution >= 4 is 21.9 Å². The minimum Gasteiger partial charge on any atom is -0.480 e. The van der Waals surface area contributed by atoms with E-state index in [2.05, 4.69) is 35.8 Å². The number of nitrogens with two attached hydrogens (primary N) is 1. The molecule has 0 radical (unpaired) electrons. The lowest BCUT2D eigenvalue weighted by Gasteiger charge is -2.16. The number of aliphatic carboxylic acids is 1. The Kier molecular flexibility index (Phi) is 5.82. The molecule has 1 atom stereocenters. The Balaban J connectivity index is 2.88. The van der Waals surface area contributed by atoms with Crippen LogP contribution in [0.4, 0.5) is 0 Å². The van der Waals surface area contributed by atoms with Gasteiger partial charge in [-0.25, -0.2) is 0 Å². The molecule has 1 rings (SSSR count). The van der Waals surface area contributed by atoms with Gasteiger partial charge in [-0.15, -0.1) is 0 Å². The maximum absolute atomic E-state index is 10.7. The summed E-state index contributed by atoms with van der Waals surface area (Å²) in [6, 6.07) is 5.19. The molecular weight excluding hydrogens is 294 g/mol. The van der Waals surface area contributed by atoms with Crippen molar-refractivity contribution in [3.05, 3.63) is 33.8 Å². The highest BCUT2D eigenvalue weighted by Gasteiger charge is 2.15. The third-order valence-corrected chi connectivity index (χ3v) is 3.95. The number of carboxylic acids is 1.